The van der Waals surface area contributed by atoms with Crippen LogP contribution >= 0.6 is 0 Å². The molecule has 84 valence electrons. The predicted molar refractivity (Wildman–Crippen MR) is 65.1 cm³/mol. The van der Waals surface area contributed by atoms with Crippen LogP contribution in [-0.2, 0) is 13.5 Å². The summed E-state index contributed by atoms with van der Waals surface area (Å²) < 4.78 is 1.91. The standard InChI is InChI=1S/C12H21N3/c1-5-7-8-10(3)13-12-9-11(6-2)14-15(12)4/h5,9-10,13H,1,6-8H2,2-4H3. The Morgan fingerprint density at radius 1 is 1.67 bits per heavy atom. The zero-order chi connectivity index (χ0) is 11.3. The van der Waals surface area contributed by atoms with E-state index in [1.165, 1.54) is 0 Å². The van der Waals surface area contributed by atoms with Crippen LogP contribution in [0.15, 0.2) is 18.7 Å². The van der Waals surface area contributed by atoms with Gasteiger partial charge in [0.2, 0.25) is 0 Å². The fourth-order valence-electron chi connectivity index (χ4n) is 1.53. The van der Waals surface area contributed by atoms with Crippen LogP contribution in [0.25, 0.3) is 0 Å². The van der Waals surface area contributed by atoms with E-state index >= 15 is 0 Å². The van der Waals surface area contributed by atoms with E-state index in [0.717, 1.165) is 30.8 Å². The van der Waals surface area contributed by atoms with Crippen LogP contribution in [0.4, 0.5) is 5.82 Å². The smallest absolute Gasteiger partial charge is 0.124 e. The minimum atomic E-state index is 0.461. The zero-order valence-electron chi connectivity index (χ0n) is 9.95. The largest absolute Gasteiger partial charge is 0.368 e. The van der Waals surface area contributed by atoms with Gasteiger partial charge in [-0.3, -0.25) is 4.68 Å². The average Bonchev–Trinajstić information content (AvgIpc) is 2.57. The van der Waals surface area contributed by atoms with Crippen molar-refractivity contribution in [1.82, 2.24) is 9.78 Å². The van der Waals surface area contributed by atoms with Crippen molar-refractivity contribution < 1.29 is 0 Å². The molecule has 0 bridgehead atoms. The number of nitrogens with one attached hydrogen (secondary N) is 1. The molecule has 0 saturated carbocycles. The predicted octanol–water partition coefficient (Wildman–Crippen LogP) is 2.75. The molecule has 15 heavy (non-hydrogen) atoms. The number of rotatable bonds is 6. The normalized spacial score (nSPS) is 12.5. The van der Waals surface area contributed by atoms with Crippen molar-refractivity contribution in [1.29, 1.82) is 0 Å². The molecule has 1 aromatic heterocycles. The monoisotopic (exact) mass is 207 g/mol. The molecule has 1 heterocycles. The summed E-state index contributed by atoms with van der Waals surface area (Å²) in [6, 6.07) is 2.58. The Hall–Kier alpha value is -1.25. The van der Waals surface area contributed by atoms with Crippen molar-refractivity contribution in [3.63, 3.8) is 0 Å². The van der Waals surface area contributed by atoms with Crippen molar-refractivity contribution >= 4 is 5.82 Å². The Kier molecular flexibility index (Phi) is 4.40. The molecule has 0 aliphatic rings. The first-order valence-corrected chi connectivity index (χ1v) is 5.57. The number of aryl methyl sites for hydroxylation is 2. The Morgan fingerprint density at radius 2 is 2.40 bits per heavy atom. The van der Waals surface area contributed by atoms with Gasteiger partial charge in [-0.15, -0.1) is 6.58 Å². The van der Waals surface area contributed by atoms with E-state index in [1.807, 2.05) is 17.8 Å². The van der Waals surface area contributed by atoms with Crippen LogP contribution in [0.2, 0.25) is 0 Å². The maximum absolute atomic E-state index is 4.40. The first-order valence-electron chi connectivity index (χ1n) is 5.57. The zero-order valence-corrected chi connectivity index (χ0v) is 9.95. The van der Waals surface area contributed by atoms with Gasteiger partial charge in [-0.25, -0.2) is 0 Å². The highest BCUT2D eigenvalue weighted by molar-refractivity contribution is 5.37. The van der Waals surface area contributed by atoms with E-state index in [9.17, 15) is 0 Å². The van der Waals surface area contributed by atoms with Gasteiger partial charge >= 0.3 is 0 Å². The van der Waals surface area contributed by atoms with Crippen molar-refractivity contribution in [2.45, 2.75) is 39.2 Å². The third kappa shape index (κ3) is 3.42. The van der Waals surface area contributed by atoms with Gasteiger partial charge in [0.15, 0.2) is 0 Å². The summed E-state index contributed by atoms with van der Waals surface area (Å²) in [5.41, 5.74) is 1.14. The van der Waals surface area contributed by atoms with Crippen LogP contribution in [0.5, 0.6) is 0 Å². The second kappa shape index (κ2) is 5.59. The average molecular weight is 207 g/mol. The third-order valence-electron chi connectivity index (χ3n) is 2.49. The summed E-state index contributed by atoms with van der Waals surface area (Å²) in [5, 5.41) is 7.85. The third-order valence-corrected chi connectivity index (χ3v) is 2.49. The fourth-order valence-corrected chi connectivity index (χ4v) is 1.53. The molecule has 0 aliphatic carbocycles. The SMILES string of the molecule is C=CCCC(C)Nc1cc(CC)nn1C. The summed E-state index contributed by atoms with van der Waals surface area (Å²) in [7, 11) is 1.97. The van der Waals surface area contributed by atoms with Gasteiger partial charge in [-0.05, 0) is 26.2 Å². The Labute approximate surface area is 92.2 Å². The lowest BCUT2D eigenvalue weighted by atomic mass is 10.2. The highest BCUT2D eigenvalue weighted by Gasteiger charge is 2.06. The number of hydrogen-bond donors (Lipinski definition) is 1. The number of anilines is 1. The molecule has 1 aromatic rings. The number of hydrogen-bond acceptors (Lipinski definition) is 2. The summed E-state index contributed by atoms with van der Waals surface area (Å²) in [5.74, 6) is 1.10. The summed E-state index contributed by atoms with van der Waals surface area (Å²) in [4.78, 5) is 0. The number of allylic oxidation sites excluding steroid dienone is 1. The van der Waals surface area contributed by atoms with E-state index < -0.39 is 0 Å². The number of aromatic nitrogens is 2. The summed E-state index contributed by atoms with van der Waals surface area (Å²) >= 11 is 0. The topological polar surface area (TPSA) is 29.9 Å². The quantitative estimate of drug-likeness (QED) is 0.727. The number of nitrogens with zero attached hydrogens (tertiary/aromatic N) is 2. The Bertz CT molecular complexity index is 315. The molecule has 0 saturated heterocycles. The van der Waals surface area contributed by atoms with Gasteiger partial charge < -0.3 is 5.32 Å². The van der Waals surface area contributed by atoms with Crippen LogP contribution in [0.3, 0.4) is 0 Å². The Morgan fingerprint density at radius 3 is 2.93 bits per heavy atom. The Balaban J connectivity index is 2.55. The molecule has 0 radical (unpaired) electrons. The minimum absolute atomic E-state index is 0.461. The minimum Gasteiger partial charge on any atom is -0.368 e. The second-order valence-corrected chi connectivity index (χ2v) is 3.91. The van der Waals surface area contributed by atoms with Crippen molar-refractivity contribution in [3.8, 4) is 0 Å². The molecule has 0 aliphatic heterocycles. The first kappa shape index (κ1) is 11.8. The van der Waals surface area contributed by atoms with Crippen LogP contribution in [0.1, 0.15) is 32.4 Å². The van der Waals surface area contributed by atoms with E-state index in [1.54, 1.807) is 0 Å². The van der Waals surface area contributed by atoms with E-state index in [-0.39, 0.29) is 0 Å². The molecule has 3 nitrogen and oxygen atoms in total. The van der Waals surface area contributed by atoms with Gasteiger partial charge in [0.25, 0.3) is 0 Å². The van der Waals surface area contributed by atoms with Crippen molar-refractivity contribution in [2.75, 3.05) is 5.32 Å². The molecule has 1 N–H and O–H groups in total. The molecule has 0 fully saturated rings. The maximum Gasteiger partial charge on any atom is 0.124 e. The van der Waals surface area contributed by atoms with Gasteiger partial charge in [-0.1, -0.05) is 13.0 Å². The van der Waals surface area contributed by atoms with E-state index in [4.69, 9.17) is 0 Å². The van der Waals surface area contributed by atoms with Crippen molar-refractivity contribution in [3.05, 3.63) is 24.4 Å². The first-order chi connectivity index (χ1) is 7.17. The molecule has 0 spiro atoms. The molecule has 0 aromatic carbocycles. The van der Waals surface area contributed by atoms with Gasteiger partial charge in [0.1, 0.15) is 5.82 Å². The molecule has 1 rings (SSSR count). The molecular weight excluding hydrogens is 186 g/mol. The highest BCUT2D eigenvalue weighted by atomic mass is 15.3. The molecule has 0 amide bonds. The van der Waals surface area contributed by atoms with Crippen LogP contribution in [0, 0.1) is 0 Å². The summed E-state index contributed by atoms with van der Waals surface area (Å²) in [6.45, 7) is 8.03. The lowest BCUT2D eigenvalue weighted by molar-refractivity contribution is 0.688. The lowest BCUT2D eigenvalue weighted by Gasteiger charge is -2.13. The fraction of sp³-hybridized carbons (Fsp3) is 0.583. The van der Waals surface area contributed by atoms with Crippen molar-refractivity contribution in [2.24, 2.45) is 7.05 Å². The highest BCUT2D eigenvalue weighted by Crippen LogP contribution is 2.12. The van der Waals surface area contributed by atoms with Gasteiger partial charge in [0.05, 0.1) is 5.69 Å². The molecular formula is C12H21N3. The van der Waals surface area contributed by atoms with Gasteiger partial charge in [-0.2, -0.15) is 5.10 Å². The molecule has 3 heteroatoms. The lowest BCUT2D eigenvalue weighted by Crippen LogP contribution is -2.16. The summed E-state index contributed by atoms with van der Waals surface area (Å²) in [6.07, 6.45) is 5.10. The van der Waals surface area contributed by atoms with Crippen LogP contribution in [-0.4, -0.2) is 15.8 Å². The van der Waals surface area contributed by atoms with Crippen LogP contribution < -0.4 is 5.32 Å². The van der Waals surface area contributed by atoms with E-state index in [2.05, 4.69) is 36.9 Å². The second-order valence-electron chi connectivity index (χ2n) is 3.91. The maximum atomic E-state index is 4.40. The molecule has 1 atom stereocenters. The van der Waals surface area contributed by atoms with E-state index in [0.29, 0.717) is 6.04 Å². The molecule has 1 unspecified atom stereocenters. The van der Waals surface area contributed by atoms with Gasteiger partial charge in [0, 0.05) is 19.2 Å².